The van der Waals surface area contributed by atoms with E-state index in [1.165, 1.54) is 5.56 Å². The van der Waals surface area contributed by atoms with Crippen molar-refractivity contribution in [1.29, 1.82) is 0 Å². The number of hydrogen-bond donors (Lipinski definition) is 1. The zero-order valence-corrected chi connectivity index (χ0v) is 9.03. The van der Waals surface area contributed by atoms with Gasteiger partial charge in [-0.3, -0.25) is 0 Å². The van der Waals surface area contributed by atoms with Gasteiger partial charge in [-0.2, -0.15) is 0 Å². The molecule has 2 heteroatoms. The molecular weight excluding hydrogens is 176 g/mol. The lowest BCUT2D eigenvalue weighted by Gasteiger charge is -2.14. The summed E-state index contributed by atoms with van der Waals surface area (Å²) in [7, 11) is 0. The number of benzene rings is 1. The van der Waals surface area contributed by atoms with E-state index in [2.05, 4.69) is 19.9 Å². The Morgan fingerprint density at radius 2 is 1.86 bits per heavy atom. The van der Waals surface area contributed by atoms with Crippen molar-refractivity contribution in [2.75, 3.05) is 6.61 Å². The quantitative estimate of drug-likeness (QED) is 0.798. The maximum atomic E-state index is 9.12. The van der Waals surface area contributed by atoms with E-state index < -0.39 is 6.10 Å². The summed E-state index contributed by atoms with van der Waals surface area (Å²) in [5, 5.41) is 9.12. The lowest BCUT2D eigenvalue weighted by atomic mass is 10.0. The molecule has 0 heterocycles. The fourth-order valence-corrected chi connectivity index (χ4v) is 1.30. The fourth-order valence-electron chi connectivity index (χ4n) is 1.30. The van der Waals surface area contributed by atoms with Crippen LogP contribution in [0.2, 0.25) is 0 Å². The fraction of sp³-hybridized carbons (Fsp3) is 0.500. The first-order chi connectivity index (χ1) is 6.61. The van der Waals surface area contributed by atoms with E-state index in [4.69, 9.17) is 9.84 Å². The number of ether oxygens (including phenoxy) is 1. The summed E-state index contributed by atoms with van der Waals surface area (Å²) >= 11 is 0. The van der Waals surface area contributed by atoms with Crippen LogP contribution in [0.1, 0.15) is 32.3 Å². The Morgan fingerprint density at radius 3 is 2.43 bits per heavy atom. The van der Waals surface area contributed by atoms with Crippen LogP contribution in [-0.2, 0) is 0 Å². The summed E-state index contributed by atoms with van der Waals surface area (Å²) in [4.78, 5) is 0. The minimum atomic E-state index is -0.421. The molecule has 14 heavy (non-hydrogen) atoms. The number of aliphatic hydroxyl groups is 1. The normalized spacial score (nSPS) is 12.9. The van der Waals surface area contributed by atoms with Gasteiger partial charge in [0.1, 0.15) is 12.4 Å². The molecule has 78 valence electrons. The Bertz CT molecular complexity index is 279. The third-order valence-electron chi connectivity index (χ3n) is 2.02. The minimum absolute atomic E-state index is 0.351. The highest BCUT2D eigenvalue weighted by Gasteiger charge is 2.07. The zero-order chi connectivity index (χ0) is 10.6. The monoisotopic (exact) mass is 194 g/mol. The molecule has 0 fully saturated rings. The molecule has 0 aliphatic heterocycles. The molecule has 1 unspecified atom stereocenters. The van der Waals surface area contributed by atoms with Gasteiger partial charge < -0.3 is 9.84 Å². The second kappa shape index (κ2) is 5.01. The Hall–Kier alpha value is -1.02. The molecule has 0 saturated carbocycles. The van der Waals surface area contributed by atoms with E-state index in [0.717, 1.165) is 5.75 Å². The second-order valence-corrected chi connectivity index (χ2v) is 3.85. The summed E-state index contributed by atoms with van der Waals surface area (Å²) < 4.78 is 5.51. The van der Waals surface area contributed by atoms with Crippen LogP contribution in [0.3, 0.4) is 0 Å². The summed E-state index contributed by atoms with van der Waals surface area (Å²) in [5.74, 6) is 1.32. The second-order valence-electron chi connectivity index (χ2n) is 3.85. The lowest BCUT2D eigenvalue weighted by Crippen LogP contribution is -2.13. The number of rotatable bonds is 4. The predicted molar refractivity (Wildman–Crippen MR) is 57.7 cm³/mol. The van der Waals surface area contributed by atoms with E-state index in [1.54, 1.807) is 6.92 Å². The van der Waals surface area contributed by atoms with Gasteiger partial charge in [0.25, 0.3) is 0 Å². The highest BCUT2D eigenvalue weighted by molar-refractivity contribution is 5.35. The van der Waals surface area contributed by atoms with Gasteiger partial charge in [0.15, 0.2) is 0 Å². The maximum Gasteiger partial charge on any atom is 0.122 e. The molecule has 0 aliphatic carbocycles. The number of hydrogen-bond acceptors (Lipinski definition) is 2. The topological polar surface area (TPSA) is 29.5 Å². The Morgan fingerprint density at radius 1 is 1.21 bits per heavy atom. The molecular formula is C12H18O2. The van der Waals surface area contributed by atoms with E-state index in [9.17, 15) is 0 Å². The summed E-state index contributed by atoms with van der Waals surface area (Å²) in [6.45, 7) is 6.33. The van der Waals surface area contributed by atoms with Gasteiger partial charge in [0, 0.05) is 0 Å². The molecule has 1 rings (SSSR count). The van der Waals surface area contributed by atoms with Crippen molar-refractivity contribution >= 4 is 0 Å². The minimum Gasteiger partial charge on any atom is -0.491 e. The average Bonchev–Trinajstić information content (AvgIpc) is 2.15. The Balaban J connectivity index is 2.74. The third-order valence-corrected chi connectivity index (χ3v) is 2.02. The smallest absolute Gasteiger partial charge is 0.122 e. The molecule has 0 amide bonds. The van der Waals surface area contributed by atoms with Crippen molar-refractivity contribution in [2.45, 2.75) is 32.8 Å². The molecule has 1 aromatic rings. The Kier molecular flexibility index (Phi) is 3.96. The first kappa shape index (κ1) is 11.1. The summed E-state index contributed by atoms with van der Waals surface area (Å²) in [5.41, 5.74) is 1.19. The van der Waals surface area contributed by atoms with Gasteiger partial charge in [-0.15, -0.1) is 0 Å². The molecule has 0 bridgehead atoms. The molecule has 0 radical (unpaired) electrons. The van der Waals surface area contributed by atoms with Crippen LogP contribution in [0, 0.1) is 0 Å². The van der Waals surface area contributed by atoms with Crippen molar-refractivity contribution in [3.63, 3.8) is 0 Å². The SMILES string of the molecule is CC(O)COc1ccccc1C(C)C. The van der Waals surface area contributed by atoms with Crippen LogP contribution in [0.15, 0.2) is 24.3 Å². The van der Waals surface area contributed by atoms with E-state index in [0.29, 0.717) is 12.5 Å². The van der Waals surface area contributed by atoms with E-state index >= 15 is 0 Å². The number of aliphatic hydroxyl groups excluding tert-OH is 1. The van der Waals surface area contributed by atoms with Crippen molar-refractivity contribution < 1.29 is 9.84 Å². The predicted octanol–water partition coefficient (Wildman–Crippen LogP) is 2.57. The molecule has 0 aromatic heterocycles. The molecule has 1 N–H and O–H groups in total. The standard InChI is InChI=1S/C12H18O2/c1-9(2)11-6-4-5-7-12(11)14-8-10(3)13/h4-7,9-10,13H,8H2,1-3H3. The van der Waals surface area contributed by atoms with Gasteiger partial charge in [-0.25, -0.2) is 0 Å². The van der Waals surface area contributed by atoms with Gasteiger partial charge in [-0.05, 0) is 24.5 Å². The molecule has 2 nitrogen and oxygen atoms in total. The first-order valence-corrected chi connectivity index (χ1v) is 5.01. The highest BCUT2D eigenvalue weighted by atomic mass is 16.5. The van der Waals surface area contributed by atoms with Crippen LogP contribution in [0.25, 0.3) is 0 Å². The van der Waals surface area contributed by atoms with Crippen molar-refractivity contribution in [3.05, 3.63) is 29.8 Å². The van der Waals surface area contributed by atoms with Crippen LogP contribution >= 0.6 is 0 Å². The maximum absolute atomic E-state index is 9.12. The van der Waals surface area contributed by atoms with E-state index in [-0.39, 0.29) is 0 Å². The largest absolute Gasteiger partial charge is 0.491 e. The Labute approximate surface area is 85.5 Å². The van der Waals surface area contributed by atoms with Crippen LogP contribution in [-0.4, -0.2) is 17.8 Å². The van der Waals surface area contributed by atoms with Crippen molar-refractivity contribution in [3.8, 4) is 5.75 Å². The van der Waals surface area contributed by atoms with Gasteiger partial charge in [-0.1, -0.05) is 32.0 Å². The molecule has 1 atom stereocenters. The van der Waals surface area contributed by atoms with Gasteiger partial charge in [0.2, 0.25) is 0 Å². The third kappa shape index (κ3) is 3.04. The molecule has 0 spiro atoms. The van der Waals surface area contributed by atoms with Crippen LogP contribution in [0.5, 0.6) is 5.75 Å². The zero-order valence-electron chi connectivity index (χ0n) is 9.03. The van der Waals surface area contributed by atoms with Crippen LogP contribution < -0.4 is 4.74 Å². The van der Waals surface area contributed by atoms with Gasteiger partial charge in [0.05, 0.1) is 6.10 Å². The average molecular weight is 194 g/mol. The van der Waals surface area contributed by atoms with Gasteiger partial charge >= 0.3 is 0 Å². The number of para-hydroxylation sites is 1. The highest BCUT2D eigenvalue weighted by Crippen LogP contribution is 2.25. The summed E-state index contributed by atoms with van der Waals surface area (Å²) in [6.07, 6.45) is -0.421. The van der Waals surface area contributed by atoms with Crippen molar-refractivity contribution in [1.82, 2.24) is 0 Å². The summed E-state index contributed by atoms with van der Waals surface area (Å²) in [6, 6.07) is 7.95. The van der Waals surface area contributed by atoms with E-state index in [1.807, 2.05) is 18.2 Å². The van der Waals surface area contributed by atoms with Crippen LogP contribution in [0.4, 0.5) is 0 Å². The van der Waals surface area contributed by atoms with Crippen molar-refractivity contribution in [2.24, 2.45) is 0 Å². The molecule has 0 aliphatic rings. The lowest BCUT2D eigenvalue weighted by molar-refractivity contribution is 0.122. The molecule has 1 aromatic carbocycles. The molecule has 0 saturated heterocycles. The first-order valence-electron chi connectivity index (χ1n) is 5.01.